The molecule has 4 fully saturated rings. The molecule has 3 heterocycles. The highest BCUT2D eigenvalue weighted by molar-refractivity contribution is 5.14. The van der Waals surface area contributed by atoms with Crippen molar-refractivity contribution < 1.29 is 28.8 Å². The van der Waals surface area contributed by atoms with Gasteiger partial charge in [-0.2, -0.15) is 0 Å². The normalized spacial score (nSPS) is 36.9. The Morgan fingerprint density at radius 3 is 2.41 bits per heavy atom. The zero-order valence-electron chi connectivity index (χ0n) is 20.4. The van der Waals surface area contributed by atoms with Gasteiger partial charge >= 0.3 is 0 Å². The molecule has 0 radical (unpaired) electrons. The minimum absolute atomic E-state index is 0.0785. The fraction of sp³-hybridized carbons (Fsp3) is 0.786. The molecule has 0 bridgehead atoms. The molecule has 190 valence electrons. The summed E-state index contributed by atoms with van der Waals surface area (Å²) in [6.07, 6.45) is 11.7. The summed E-state index contributed by atoms with van der Waals surface area (Å²) in [6, 6.07) is 10.7. The number of rotatable bonds is 10. The van der Waals surface area contributed by atoms with Gasteiger partial charge < -0.3 is 28.8 Å². The minimum atomic E-state index is -0.634. The summed E-state index contributed by atoms with van der Waals surface area (Å²) in [6.45, 7) is 1.59. The number of hydrogen-bond donors (Lipinski definition) is 1. The van der Waals surface area contributed by atoms with Gasteiger partial charge in [0.05, 0.1) is 18.3 Å². The van der Waals surface area contributed by atoms with Crippen molar-refractivity contribution in [1.82, 2.24) is 0 Å². The highest BCUT2D eigenvalue weighted by Gasteiger charge is 2.50. The number of aryl methyl sites for hydroxylation is 1. The van der Waals surface area contributed by atoms with E-state index in [4.69, 9.17) is 23.7 Å². The van der Waals surface area contributed by atoms with Crippen LogP contribution in [0.3, 0.4) is 0 Å². The molecule has 0 amide bonds. The number of aliphatic hydroxyl groups excluding tert-OH is 1. The van der Waals surface area contributed by atoms with Crippen LogP contribution in [0.5, 0.6) is 0 Å². The Hall–Kier alpha value is -1.02. The molecule has 0 aromatic heterocycles. The summed E-state index contributed by atoms with van der Waals surface area (Å²) in [7, 11) is 0. The standard InChI is InChI=1S/C28H42O6/c29-26-18-23-22(24(19-25(23)33-26)34-28-11-5-7-17-31-28)15-14-21(32-27-10-4-6-16-30-27)13-12-20-8-2-1-3-9-20/h1-3,8-9,21-29H,4-7,10-19H2/t21-,22+,23?,24+,25-,26?,27?,28?/m0/s1. The van der Waals surface area contributed by atoms with Gasteiger partial charge in [-0.05, 0) is 81.6 Å². The van der Waals surface area contributed by atoms with Crippen molar-refractivity contribution in [1.29, 1.82) is 0 Å². The largest absolute Gasteiger partial charge is 0.368 e. The Balaban J connectivity index is 1.21. The van der Waals surface area contributed by atoms with Crippen molar-refractivity contribution >= 4 is 0 Å². The third kappa shape index (κ3) is 6.59. The van der Waals surface area contributed by atoms with Gasteiger partial charge in [0.2, 0.25) is 0 Å². The van der Waals surface area contributed by atoms with Crippen LogP contribution < -0.4 is 0 Å². The quantitative estimate of drug-likeness (QED) is 0.517. The van der Waals surface area contributed by atoms with Crippen molar-refractivity contribution in [2.24, 2.45) is 11.8 Å². The fourth-order valence-electron chi connectivity index (χ4n) is 6.34. The van der Waals surface area contributed by atoms with Crippen LogP contribution in [0.15, 0.2) is 30.3 Å². The Labute approximate surface area is 204 Å². The van der Waals surface area contributed by atoms with Crippen LogP contribution >= 0.6 is 0 Å². The lowest BCUT2D eigenvalue weighted by atomic mass is 9.86. The monoisotopic (exact) mass is 474 g/mol. The lowest BCUT2D eigenvalue weighted by molar-refractivity contribution is -0.203. The highest BCUT2D eigenvalue weighted by atomic mass is 16.7. The van der Waals surface area contributed by atoms with Crippen LogP contribution in [0, 0.1) is 11.8 Å². The Bertz CT molecular complexity index is 717. The molecule has 8 atom stereocenters. The first-order valence-electron chi connectivity index (χ1n) is 13.7. The van der Waals surface area contributed by atoms with Gasteiger partial charge in [0.15, 0.2) is 18.9 Å². The molecular weight excluding hydrogens is 432 g/mol. The summed E-state index contributed by atoms with van der Waals surface area (Å²) in [5.41, 5.74) is 1.35. The van der Waals surface area contributed by atoms with E-state index in [2.05, 4.69) is 30.3 Å². The van der Waals surface area contributed by atoms with E-state index in [9.17, 15) is 5.11 Å². The summed E-state index contributed by atoms with van der Waals surface area (Å²) < 4.78 is 30.7. The average Bonchev–Trinajstić information content (AvgIpc) is 3.38. The van der Waals surface area contributed by atoms with Crippen LogP contribution in [-0.2, 0) is 30.1 Å². The molecule has 3 saturated heterocycles. The lowest BCUT2D eigenvalue weighted by Gasteiger charge is -2.32. The van der Waals surface area contributed by atoms with Crippen LogP contribution in [0.25, 0.3) is 0 Å². The topological polar surface area (TPSA) is 66.4 Å². The summed E-state index contributed by atoms with van der Waals surface area (Å²) >= 11 is 0. The molecule has 5 rings (SSSR count). The summed E-state index contributed by atoms with van der Waals surface area (Å²) in [4.78, 5) is 0. The van der Waals surface area contributed by atoms with Crippen molar-refractivity contribution in [3.63, 3.8) is 0 Å². The van der Waals surface area contributed by atoms with Gasteiger partial charge in [-0.15, -0.1) is 0 Å². The van der Waals surface area contributed by atoms with Crippen molar-refractivity contribution in [3.05, 3.63) is 35.9 Å². The molecule has 4 aliphatic rings. The number of benzene rings is 1. The molecule has 1 aliphatic carbocycles. The van der Waals surface area contributed by atoms with E-state index in [-0.39, 0.29) is 30.9 Å². The third-order valence-corrected chi connectivity index (χ3v) is 8.14. The van der Waals surface area contributed by atoms with Gasteiger partial charge in [0.25, 0.3) is 0 Å². The fourth-order valence-corrected chi connectivity index (χ4v) is 6.34. The molecular formula is C28H42O6. The van der Waals surface area contributed by atoms with E-state index in [0.29, 0.717) is 18.3 Å². The second-order valence-electron chi connectivity index (χ2n) is 10.6. The molecule has 1 aromatic rings. The molecule has 0 spiro atoms. The zero-order chi connectivity index (χ0) is 23.2. The van der Waals surface area contributed by atoms with Gasteiger partial charge in [-0.25, -0.2) is 0 Å². The molecule has 1 aromatic carbocycles. The van der Waals surface area contributed by atoms with Crippen molar-refractivity contribution in [2.75, 3.05) is 13.2 Å². The predicted molar refractivity (Wildman–Crippen MR) is 128 cm³/mol. The first kappa shape index (κ1) is 24.7. The van der Waals surface area contributed by atoms with E-state index < -0.39 is 6.29 Å². The van der Waals surface area contributed by atoms with Gasteiger partial charge in [0.1, 0.15) is 0 Å². The summed E-state index contributed by atoms with van der Waals surface area (Å²) in [5.74, 6) is 0.715. The van der Waals surface area contributed by atoms with Crippen molar-refractivity contribution in [2.45, 2.75) is 114 Å². The molecule has 4 unspecified atom stereocenters. The predicted octanol–water partition coefficient (Wildman–Crippen LogP) is 4.97. The van der Waals surface area contributed by atoms with Crippen LogP contribution in [-0.4, -0.2) is 55.5 Å². The van der Waals surface area contributed by atoms with Crippen molar-refractivity contribution in [3.8, 4) is 0 Å². The van der Waals surface area contributed by atoms with E-state index >= 15 is 0 Å². The van der Waals surface area contributed by atoms with Crippen LogP contribution in [0.2, 0.25) is 0 Å². The van der Waals surface area contributed by atoms with Gasteiger partial charge in [-0.3, -0.25) is 0 Å². The maximum Gasteiger partial charge on any atom is 0.157 e. The number of fused-ring (bicyclic) bond motifs is 1. The van der Waals surface area contributed by atoms with Crippen LogP contribution in [0.1, 0.15) is 76.2 Å². The maximum atomic E-state index is 10.1. The number of aliphatic hydroxyl groups is 1. The minimum Gasteiger partial charge on any atom is -0.368 e. The zero-order valence-corrected chi connectivity index (χ0v) is 20.4. The first-order valence-corrected chi connectivity index (χ1v) is 13.7. The molecule has 34 heavy (non-hydrogen) atoms. The maximum absolute atomic E-state index is 10.1. The lowest BCUT2D eigenvalue weighted by Crippen LogP contribution is -2.33. The molecule has 3 aliphatic heterocycles. The average molecular weight is 475 g/mol. The second-order valence-corrected chi connectivity index (χ2v) is 10.6. The molecule has 1 saturated carbocycles. The SMILES string of the molecule is OC1CC2[C@H](C[C@@H](OC3CCCCO3)[C@@H]2CC[C@H](CCc2ccccc2)OC2CCCCO2)O1. The molecule has 6 heteroatoms. The molecule has 1 N–H and O–H groups in total. The number of ether oxygens (including phenoxy) is 5. The van der Waals surface area contributed by atoms with E-state index in [0.717, 1.165) is 71.0 Å². The third-order valence-electron chi connectivity index (χ3n) is 8.14. The van der Waals surface area contributed by atoms with Gasteiger partial charge in [-0.1, -0.05) is 30.3 Å². The molecule has 6 nitrogen and oxygen atoms in total. The van der Waals surface area contributed by atoms with Crippen LogP contribution in [0.4, 0.5) is 0 Å². The Kier molecular flexibility index (Phi) is 8.91. The van der Waals surface area contributed by atoms with E-state index in [1.165, 1.54) is 18.4 Å². The van der Waals surface area contributed by atoms with Gasteiger partial charge in [0, 0.05) is 26.1 Å². The summed E-state index contributed by atoms with van der Waals surface area (Å²) in [5, 5.41) is 10.1. The van der Waals surface area contributed by atoms with E-state index in [1.54, 1.807) is 0 Å². The number of hydrogen-bond acceptors (Lipinski definition) is 6. The second kappa shape index (κ2) is 12.3. The smallest absolute Gasteiger partial charge is 0.157 e. The highest BCUT2D eigenvalue weighted by Crippen LogP contribution is 2.47. The first-order chi connectivity index (χ1) is 16.7. The Morgan fingerprint density at radius 2 is 1.68 bits per heavy atom. The van der Waals surface area contributed by atoms with E-state index in [1.807, 2.05) is 0 Å². The Morgan fingerprint density at radius 1 is 0.912 bits per heavy atom.